The molecule has 0 fully saturated rings. The Labute approximate surface area is 76.4 Å². The smallest absolute Gasteiger partial charge is 0.0793 e. The molecule has 1 heterocycles. The Morgan fingerprint density at radius 1 is 1.50 bits per heavy atom. The first-order valence-electron chi connectivity index (χ1n) is 3.93. The summed E-state index contributed by atoms with van der Waals surface area (Å²) in [5, 5.41) is 0.778. The van der Waals surface area contributed by atoms with Crippen LogP contribution in [0.15, 0.2) is 33.2 Å². The van der Waals surface area contributed by atoms with Crippen LogP contribution in [0.2, 0.25) is 0 Å². The zero-order valence-electron chi connectivity index (χ0n) is 6.52. The van der Waals surface area contributed by atoms with Crippen LogP contribution in [0.1, 0.15) is 0 Å². The second-order valence-corrected chi connectivity index (χ2v) is 3.26. The van der Waals surface area contributed by atoms with Crippen LogP contribution in [-0.2, 0) is 0 Å². The first-order chi connectivity index (χ1) is 5.86. The molecule has 0 radical (unpaired) electrons. The van der Waals surface area contributed by atoms with Crippen molar-refractivity contribution in [1.82, 2.24) is 0 Å². The van der Waals surface area contributed by atoms with Gasteiger partial charge in [0, 0.05) is 23.4 Å². The summed E-state index contributed by atoms with van der Waals surface area (Å²) in [5.74, 6) is 0.251. The number of hydrogen-bond acceptors (Lipinski definition) is 2. The van der Waals surface area contributed by atoms with E-state index in [4.69, 9.17) is 11.6 Å². The summed E-state index contributed by atoms with van der Waals surface area (Å²) in [6, 6.07) is 0.207. The molecule has 1 aliphatic heterocycles. The molecule has 0 amide bonds. The first kappa shape index (κ1) is 7.74. The van der Waals surface area contributed by atoms with Gasteiger partial charge in [-0.1, -0.05) is 23.8 Å². The number of nitrogens with zero attached hydrogens (tertiary/aromatic N) is 2. The van der Waals surface area contributed by atoms with E-state index < -0.39 is 0 Å². The zero-order valence-corrected chi connectivity index (χ0v) is 7.28. The molecule has 3 heteroatoms. The van der Waals surface area contributed by atoms with E-state index >= 15 is 0 Å². The summed E-state index contributed by atoms with van der Waals surface area (Å²) >= 11 is 5.85. The molecule has 0 bridgehead atoms. The van der Waals surface area contributed by atoms with Gasteiger partial charge in [-0.25, -0.2) is 0 Å². The topological polar surface area (TPSA) is 24.7 Å². The van der Waals surface area contributed by atoms with Gasteiger partial charge in [-0.2, -0.15) is 0 Å². The summed E-state index contributed by atoms with van der Waals surface area (Å²) in [4.78, 5) is 8.52. The fourth-order valence-electron chi connectivity index (χ4n) is 1.34. The normalized spacial score (nSPS) is 32.6. The average molecular weight is 181 g/mol. The molecule has 0 aromatic carbocycles. The predicted molar refractivity (Wildman–Crippen MR) is 52.2 cm³/mol. The van der Waals surface area contributed by atoms with E-state index in [1.54, 1.807) is 0 Å². The van der Waals surface area contributed by atoms with Crippen molar-refractivity contribution in [2.45, 2.75) is 6.04 Å². The number of fused-ring (bicyclic) bond motifs is 1. The Morgan fingerprint density at radius 2 is 2.42 bits per heavy atom. The third-order valence-corrected chi connectivity index (χ3v) is 2.19. The van der Waals surface area contributed by atoms with Crippen LogP contribution >= 0.6 is 11.6 Å². The molecule has 0 aromatic heterocycles. The van der Waals surface area contributed by atoms with E-state index in [2.05, 4.69) is 9.98 Å². The maximum atomic E-state index is 5.85. The average Bonchev–Trinajstić information content (AvgIpc) is 2.28. The van der Waals surface area contributed by atoms with Gasteiger partial charge >= 0.3 is 0 Å². The van der Waals surface area contributed by atoms with Crippen molar-refractivity contribution < 1.29 is 0 Å². The summed E-state index contributed by atoms with van der Waals surface area (Å²) in [6.07, 6.45) is 9.65. The Hall–Kier alpha value is -0.890. The lowest BCUT2D eigenvalue weighted by atomic mass is 9.97. The molecule has 12 heavy (non-hydrogen) atoms. The molecule has 2 unspecified atom stereocenters. The second-order valence-electron chi connectivity index (χ2n) is 2.82. The fraction of sp³-hybridized carbons (Fsp3) is 0.333. The van der Waals surface area contributed by atoms with Crippen LogP contribution < -0.4 is 0 Å². The van der Waals surface area contributed by atoms with Gasteiger partial charge in [0.15, 0.2) is 0 Å². The summed E-state index contributed by atoms with van der Waals surface area (Å²) in [7, 11) is 0. The van der Waals surface area contributed by atoms with Crippen molar-refractivity contribution in [3.63, 3.8) is 0 Å². The van der Waals surface area contributed by atoms with E-state index in [9.17, 15) is 0 Å². The minimum Gasteiger partial charge on any atom is -0.291 e. The highest BCUT2D eigenvalue weighted by atomic mass is 35.5. The van der Waals surface area contributed by atoms with E-state index in [1.807, 2.05) is 30.7 Å². The van der Waals surface area contributed by atoms with Crippen LogP contribution in [0, 0.1) is 5.92 Å². The highest BCUT2D eigenvalue weighted by molar-refractivity contribution is 6.31. The van der Waals surface area contributed by atoms with Crippen LogP contribution in [0.5, 0.6) is 0 Å². The van der Waals surface area contributed by atoms with E-state index in [1.165, 1.54) is 0 Å². The fourth-order valence-corrected chi connectivity index (χ4v) is 1.55. The molecule has 0 saturated heterocycles. The van der Waals surface area contributed by atoms with Crippen molar-refractivity contribution >= 4 is 24.0 Å². The summed E-state index contributed by atoms with van der Waals surface area (Å²) in [6.45, 7) is 0.687. The van der Waals surface area contributed by atoms with Gasteiger partial charge in [-0.3, -0.25) is 9.98 Å². The Bertz CT molecular complexity index is 289. The van der Waals surface area contributed by atoms with Crippen molar-refractivity contribution in [3.8, 4) is 0 Å². The largest absolute Gasteiger partial charge is 0.291 e. The number of hydrogen-bond donors (Lipinski definition) is 0. The quantitative estimate of drug-likeness (QED) is 0.544. The minimum absolute atomic E-state index is 0.207. The SMILES string of the molecule is ClC1=CC2C=NCC=NC2C=C1. The molecule has 0 spiro atoms. The molecule has 1 aliphatic carbocycles. The van der Waals surface area contributed by atoms with Gasteiger partial charge in [0.2, 0.25) is 0 Å². The van der Waals surface area contributed by atoms with Gasteiger partial charge in [-0.15, -0.1) is 0 Å². The number of allylic oxidation sites excluding steroid dienone is 2. The Kier molecular flexibility index (Phi) is 2.09. The number of aliphatic imine (C=N–C) groups is 2. The van der Waals surface area contributed by atoms with Crippen molar-refractivity contribution in [2.75, 3.05) is 6.54 Å². The molecule has 62 valence electrons. The van der Waals surface area contributed by atoms with Crippen LogP contribution in [-0.4, -0.2) is 25.0 Å². The highest BCUT2D eigenvalue weighted by Crippen LogP contribution is 2.21. The standard InChI is InChI=1S/C9H9ClN2/c10-8-1-2-9-7(5-8)6-11-3-4-12-9/h1-2,4-7,9H,3H2. The molecular formula is C9H9ClN2. The molecule has 2 atom stereocenters. The van der Waals surface area contributed by atoms with Gasteiger partial charge in [-0.05, 0) is 6.08 Å². The van der Waals surface area contributed by atoms with Crippen LogP contribution in [0.25, 0.3) is 0 Å². The second kappa shape index (κ2) is 3.23. The lowest BCUT2D eigenvalue weighted by Gasteiger charge is -2.16. The Balaban J connectivity index is 2.29. The van der Waals surface area contributed by atoms with Crippen LogP contribution in [0.3, 0.4) is 0 Å². The highest BCUT2D eigenvalue weighted by Gasteiger charge is 2.18. The first-order valence-corrected chi connectivity index (χ1v) is 4.31. The monoisotopic (exact) mass is 180 g/mol. The molecule has 2 aliphatic rings. The third kappa shape index (κ3) is 1.48. The van der Waals surface area contributed by atoms with Gasteiger partial charge in [0.05, 0.1) is 12.6 Å². The number of halogens is 1. The molecule has 0 saturated carbocycles. The maximum absolute atomic E-state index is 5.85. The van der Waals surface area contributed by atoms with Gasteiger partial charge in [0.1, 0.15) is 0 Å². The van der Waals surface area contributed by atoms with Gasteiger partial charge < -0.3 is 0 Å². The van der Waals surface area contributed by atoms with E-state index in [0.717, 1.165) is 5.03 Å². The maximum Gasteiger partial charge on any atom is 0.0793 e. The predicted octanol–water partition coefficient (Wildman–Crippen LogP) is 1.82. The molecule has 2 nitrogen and oxygen atoms in total. The van der Waals surface area contributed by atoms with Crippen molar-refractivity contribution in [2.24, 2.45) is 15.9 Å². The lowest BCUT2D eigenvalue weighted by molar-refractivity contribution is 0.736. The Morgan fingerprint density at radius 3 is 3.33 bits per heavy atom. The van der Waals surface area contributed by atoms with Gasteiger partial charge in [0.25, 0.3) is 0 Å². The lowest BCUT2D eigenvalue weighted by Crippen LogP contribution is -2.17. The van der Waals surface area contributed by atoms with Crippen molar-refractivity contribution in [3.05, 3.63) is 23.3 Å². The van der Waals surface area contributed by atoms with Crippen LogP contribution in [0.4, 0.5) is 0 Å². The summed E-state index contributed by atoms with van der Waals surface area (Å²) in [5.41, 5.74) is 0. The zero-order chi connectivity index (χ0) is 8.39. The van der Waals surface area contributed by atoms with E-state index in [-0.39, 0.29) is 12.0 Å². The molecule has 0 aromatic rings. The van der Waals surface area contributed by atoms with E-state index in [0.29, 0.717) is 6.54 Å². The van der Waals surface area contributed by atoms with Crippen molar-refractivity contribution in [1.29, 1.82) is 0 Å². The molecule has 2 rings (SSSR count). The molecule has 0 N–H and O–H groups in total. The third-order valence-electron chi connectivity index (χ3n) is 1.94. The minimum atomic E-state index is 0.207. The molecular weight excluding hydrogens is 172 g/mol. The number of rotatable bonds is 0. The summed E-state index contributed by atoms with van der Waals surface area (Å²) < 4.78 is 0.